The predicted molar refractivity (Wildman–Crippen MR) is 121 cm³/mol. The molecule has 0 aromatic heterocycles. The van der Waals surface area contributed by atoms with Crippen LogP contribution in [-0.4, -0.2) is 47.1 Å². The fourth-order valence-corrected chi connectivity index (χ4v) is 4.23. The Morgan fingerprint density at radius 1 is 0.882 bits per heavy atom. The number of hydrogen-bond acceptors (Lipinski definition) is 6. The van der Waals surface area contributed by atoms with Crippen molar-refractivity contribution < 1.29 is 28.7 Å². The number of nitrogens with one attached hydrogen (secondary N) is 2. The Morgan fingerprint density at radius 3 is 2.24 bits per heavy atom. The summed E-state index contributed by atoms with van der Waals surface area (Å²) in [5.74, 6) is -2.92. The molecular formula is C24H22ClN3O6. The zero-order valence-electron chi connectivity index (χ0n) is 18.1. The number of nitrogens with zero attached hydrogens (tertiary/aromatic N) is 1. The molecule has 10 heteroatoms. The van der Waals surface area contributed by atoms with Gasteiger partial charge in [-0.25, -0.2) is 4.79 Å². The Balaban J connectivity index is 1.32. The largest absolute Gasteiger partial charge is 0.452 e. The lowest BCUT2D eigenvalue weighted by atomic mass is 9.94. The fraction of sp³-hybridized carbons (Fsp3) is 0.292. The van der Waals surface area contributed by atoms with Crippen molar-refractivity contribution in [2.75, 3.05) is 6.61 Å². The maximum absolute atomic E-state index is 12.9. The summed E-state index contributed by atoms with van der Waals surface area (Å²) >= 11 is 5.77. The summed E-state index contributed by atoms with van der Waals surface area (Å²) in [6.45, 7) is -0.655. The number of rotatable bonds is 5. The van der Waals surface area contributed by atoms with Crippen LogP contribution >= 0.6 is 11.6 Å². The van der Waals surface area contributed by atoms with Crippen molar-refractivity contribution in [1.29, 1.82) is 0 Å². The molecule has 4 amide bonds. The van der Waals surface area contributed by atoms with Gasteiger partial charge in [0.25, 0.3) is 23.6 Å². The number of carbonyl (C=O) groups is 5. The molecule has 2 N–H and O–H groups in total. The third-order valence-electron chi connectivity index (χ3n) is 5.85. The highest BCUT2D eigenvalue weighted by atomic mass is 35.5. The van der Waals surface area contributed by atoms with Crippen molar-refractivity contribution >= 4 is 41.2 Å². The molecule has 0 unspecified atom stereocenters. The molecule has 176 valence electrons. The number of ether oxygens (including phenoxy) is 1. The number of halogens is 1. The summed E-state index contributed by atoms with van der Waals surface area (Å²) < 4.78 is 4.98. The molecule has 0 atom stereocenters. The maximum Gasteiger partial charge on any atom is 0.338 e. The van der Waals surface area contributed by atoms with Gasteiger partial charge in [0, 0.05) is 16.6 Å². The number of imide groups is 1. The highest BCUT2D eigenvalue weighted by Gasteiger charge is 2.40. The van der Waals surface area contributed by atoms with Crippen LogP contribution in [0.4, 0.5) is 0 Å². The Kier molecular flexibility index (Phi) is 6.93. The standard InChI is InChI=1S/C24H22ClN3O6/c25-16-9-6-14(7-10-16)21(30)27-26-20(29)13-34-24(33)15-8-11-18-19(12-15)23(32)28(22(18)31)17-4-2-1-3-5-17/h6-12,17H,1-5,13H2,(H,26,29)(H,27,30). The number of benzene rings is 2. The van der Waals surface area contributed by atoms with Crippen LogP contribution in [0, 0.1) is 0 Å². The first kappa shape index (κ1) is 23.4. The van der Waals surface area contributed by atoms with Crippen molar-refractivity contribution in [2.24, 2.45) is 0 Å². The second kappa shape index (κ2) is 10.0. The molecule has 1 fully saturated rings. The van der Waals surface area contributed by atoms with Crippen LogP contribution in [-0.2, 0) is 9.53 Å². The van der Waals surface area contributed by atoms with Crippen molar-refractivity contribution in [3.8, 4) is 0 Å². The first-order valence-corrected chi connectivity index (χ1v) is 11.3. The number of carbonyl (C=O) groups excluding carboxylic acids is 5. The average Bonchev–Trinajstić information content (AvgIpc) is 3.11. The van der Waals surface area contributed by atoms with Gasteiger partial charge in [-0.3, -0.25) is 34.9 Å². The van der Waals surface area contributed by atoms with Crippen molar-refractivity contribution in [2.45, 2.75) is 38.1 Å². The maximum atomic E-state index is 12.9. The van der Waals surface area contributed by atoms with Crippen LogP contribution in [0.15, 0.2) is 42.5 Å². The van der Waals surface area contributed by atoms with E-state index in [0.29, 0.717) is 5.02 Å². The molecule has 0 bridgehead atoms. The van der Waals surface area contributed by atoms with E-state index in [2.05, 4.69) is 10.9 Å². The molecule has 9 nitrogen and oxygen atoms in total. The van der Waals surface area contributed by atoms with Crippen LogP contribution < -0.4 is 10.9 Å². The Labute approximate surface area is 200 Å². The van der Waals surface area contributed by atoms with E-state index in [0.717, 1.165) is 32.1 Å². The van der Waals surface area contributed by atoms with Crippen LogP contribution in [0.25, 0.3) is 0 Å². The molecule has 1 heterocycles. The van der Waals surface area contributed by atoms with E-state index in [9.17, 15) is 24.0 Å². The van der Waals surface area contributed by atoms with Gasteiger partial charge >= 0.3 is 5.97 Å². The molecule has 0 radical (unpaired) electrons. The summed E-state index contributed by atoms with van der Waals surface area (Å²) in [6.07, 6.45) is 4.60. The zero-order chi connectivity index (χ0) is 24.2. The van der Waals surface area contributed by atoms with Crippen molar-refractivity contribution in [1.82, 2.24) is 15.8 Å². The smallest absolute Gasteiger partial charge is 0.338 e. The quantitative estimate of drug-likeness (QED) is 0.383. The van der Waals surface area contributed by atoms with Crippen LogP contribution in [0.1, 0.15) is 73.5 Å². The molecule has 34 heavy (non-hydrogen) atoms. The van der Waals surface area contributed by atoms with E-state index in [4.69, 9.17) is 16.3 Å². The average molecular weight is 484 g/mol. The van der Waals surface area contributed by atoms with Gasteiger partial charge in [0.2, 0.25) is 0 Å². The predicted octanol–water partition coefficient (Wildman–Crippen LogP) is 2.89. The first-order valence-electron chi connectivity index (χ1n) is 10.9. The van der Waals surface area contributed by atoms with E-state index < -0.39 is 30.3 Å². The van der Waals surface area contributed by atoms with E-state index in [1.165, 1.54) is 47.4 Å². The normalized spacial score (nSPS) is 15.6. The third kappa shape index (κ3) is 4.94. The fourth-order valence-electron chi connectivity index (χ4n) is 4.11. The minimum absolute atomic E-state index is 0.0448. The molecule has 4 rings (SSSR count). The molecule has 0 spiro atoms. The Morgan fingerprint density at radius 2 is 1.53 bits per heavy atom. The lowest BCUT2D eigenvalue weighted by molar-refractivity contribution is -0.125. The van der Waals surface area contributed by atoms with Crippen LogP contribution in [0.2, 0.25) is 5.02 Å². The summed E-state index contributed by atoms with van der Waals surface area (Å²) in [5.41, 5.74) is 5.09. The summed E-state index contributed by atoms with van der Waals surface area (Å²) in [4.78, 5) is 63.2. The van der Waals surface area contributed by atoms with E-state index in [1.807, 2.05) is 0 Å². The number of hydrazine groups is 1. The summed E-state index contributed by atoms with van der Waals surface area (Å²) in [5, 5.41) is 0.465. The van der Waals surface area contributed by atoms with Gasteiger partial charge in [-0.1, -0.05) is 30.9 Å². The first-order chi connectivity index (χ1) is 16.3. The number of esters is 1. The monoisotopic (exact) mass is 483 g/mol. The molecular weight excluding hydrogens is 462 g/mol. The van der Waals surface area contributed by atoms with Crippen LogP contribution in [0.3, 0.4) is 0 Å². The van der Waals surface area contributed by atoms with Crippen molar-refractivity contribution in [3.63, 3.8) is 0 Å². The minimum atomic E-state index is -0.835. The topological polar surface area (TPSA) is 122 Å². The lowest BCUT2D eigenvalue weighted by Gasteiger charge is -2.29. The van der Waals surface area contributed by atoms with E-state index in [-0.39, 0.29) is 34.2 Å². The SMILES string of the molecule is O=C(COC(=O)c1ccc2c(c1)C(=O)N(C1CCCCC1)C2=O)NNC(=O)c1ccc(Cl)cc1. The van der Waals surface area contributed by atoms with Gasteiger partial charge in [-0.15, -0.1) is 0 Å². The molecule has 1 aliphatic carbocycles. The third-order valence-corrected chi connectivity index (χ3v) is 6.10. The van der Waals surface area contributed by atoms with Gasteiger partial charge in [0.1, 0.15) is 0 Å². The Bertz CT molecular complexity index is 1160. The molecule has 0 saturated heterocycles. The molecule has 1 saturated carbocycles. The van der Waals surface area contributed by atoms with Crippen LogP contribution in [0.5, 0.6) is 0 Å². The van der Waals surface area contributed by atoms with Gasteiger partial charge in [-0.2, -0.15) is 0 Å². The van der Waals surface area contributed by atoms with Gasteiger partial charge in [0.05, 0.1) is 16.7 Å². The lowest BCUT2D eigenvalue weighted by Crippen LogP contribution is -2.43. The highest BCUT2D eigenvalue weighted by Crippen LogP contribution is 2.31. The highest BCUT2D eigenvalue weighted by molar-refractivity contribution is 6.30. The van der Waals surface area contributed by atoms with Gasteiger partial charge in [-0.05, 0) is 55.3 Å². The van der Waals surface area contributed by atoms with E-state index in [1.54, 1.807) is 0 Å². The molecule has 1 aliphatic heterocycles. The Hall–Kier alpha value is -3.72. The number of fused-ring (bicyclic) bond motifs is 1. The second-order valence-corrected chi connectivity index (χ2v) is 8.55. The second-order valence-electron chi connectivity index (χ2n) is 8.12. The molecule has 2 aromatic rings. The number of hydrogen-bond donors (Lipinski definition) is 2. The van der Waals surface area contributed by atoms with Crippen molar-refractivity contribution in [3.05, 3.63) is 69.7 Å². The molecule has 2 aliphatic rings. The zero-order valence-corrected chi connectivity index (χ0v) is 18.9. The summed E-state index contributed by atoms with van der Waals surface area (Å²) in [6, 6.07) is 10.0. The van der Waals surface area contributed by atoms with Gasteiger partial charge < -0.3 is 4.74 Å². The summed E-state index contributed by atoms with van der Waals surface area (Å²) in [7, 11) is 0. The minimum Gasteiger partial charge on any atom is -0.452 e. The van der Waals surface area contributed by atoms with Gasteiger partial charge in [0.15, 0.2) is 6.61 Å². The van der Waals surface area contributed by atoms with E-state index >= 15 is 0 Å². The number of amides is 4. The molecule has 2 aromatic carbocycles.